The summed E-state index contributed by atoms with van der Waals surface area (Å²) in [5.41, 5.74) is 0. The molecule has 5 nitrogen and oxygen atoms in total. The van der Waals surface area contributed by atoms with Crippen molar-refractivity contribution in [3.63, 3.8) is 0 Å². The molecule has 1 heterocycles. The van der Waals surface area contributed by atoms with Crippen molar-refractivity contribution in [3.8, 4) is 0 Å². The first-order valence-corrected chi connectivity index (χ1v) is 5.49. The molecule has 5 heteroatoms. The van der Waals surface area contributed by atoms with Crippen LogP contribution in [0.2, 0.25) is 0 Å². The number of carbonyl (C=O) groups is 1. The van der Waals surface area contributed by atoms with E-state index in [-0.39, 0.29) is 12.2 Å². The van der Waals surface area contributed by atoms with Crippen LogP contribution in [0.15, 0.2) is 0 Å². The van der Waals surface area contributed by atoms with Gasteiger partial charge in [-0.1, -0.05) is 13.3 Å². The highest BCUT2D eigenvalue weighted by atomic mass is 17.1. The molecule has 1 saturated heterocycles. The highest BCUT2D eigenvalue weighted by Gasteiger charge is 2.23. The highest BCUT2D eigenvalue weighted by Crippen LogP contribution is 2.13. The number of rotatable bonds is 4. The lowest BCUT2D eigenvalue weighted by Crippen LogP contribution is -2.41. The SMILES string of the molecule is CCCCOC(=O)N1CCC(OO)CC1. The molecule has 15 heavy (non-hydrogen) atoms. The van der Waals surface area contributed by atoms with Gasteiger partial charge in [0.15, 0.2) is 0 Å². The van der Waals surface area contributed by atoms with Crippen LogP contribution in [0.5, 0.6) is 0 Å². The maximum Gasteiger partial charge on any atom is 0.409 e. The van der Waals surface area contributed by atoms with Crippen molar-refractivity contribution in [2.24, 2.45) is 0 Å². The van der Waals surface area contributed by atoms with Gasteiger partial charge in [-0.15, -0.1) is 0 Å². The lowest BCUT2D eigenvalue weighted by Gasteiger charge is -2.29. The molecule has 0 aromatic heterocycles. The second-order valence-corrected chi connectivity index (χ2v) is 3.76. The van der Waals surface area contributed by atoms with Gasteiger partial charge in [0.25, 0.3) is 0 Å². The summed E-state index contributed by atoms with van der Waals surface area (Å²) in [4.78, 5) is 17.4. The third-order valence-corrected chi connectivity index (χ3v) is 2.57. The van der Waals surface area contributed by atoms with Crippen molar-refractivity contribution in [2.45, 2.75) is 38.7 Å². The van der Waals surface area contributed by atoms with Crippen LogP contribution < -0.4 is 0 Å². The van der Waals surface area contributed by atoms with E-state index in [4.69, 9.17) is 9.99 Å². The Hall–Kier alpha value is -0.810. The highest BCUT2D eigenvalue weighted by molar-refractivity contribution is 5.67. The van der Waals surface area contributed by atoms with Crippen LogP contribution in [0.4, 0.5) is 4.79 Å². The number of likely N-dealkylation sites (tertiary alicyclic amines) is 1. The van der Waals surface area contributed by atoms with Crippen molar-refractivity contribution < 1.29 is 19.7 Å². The van der Waals surface area contributed by atoms with Crippen molar-refractivity contribution >= 4 is 6.09 Å². The van der Waals surface area contributed by atoms with E-state index in [9.17, 15) is 4.79 Å². The number of ether oxygens (including phenoxy) is 1. The molecule has 0 saturated carbocycles. The lowest BCUT2D eigenvalue weighted by molar-refractivity contribution is -0.284. The molecule has 0 spiro atoms. The fourth-order valence-electron chi connectivity index (χ4n) is 1.54. The second kappa shape index (κ2) is 6.63. The summed E-state index contributed by atoms with van der Waals surface area (Å²) in [6, 6.07) is 0. The largest absolute Gasteiger partial charge is 0.449 e. The maximum absolute atomic E-state index is 11.5. The van der Waals surface area contributed by atoms with E-state index in [0.29, 0.717) is 32.5 Å². The molecular weight excluding hydrogens is 198 g/mol. The van der Waals surface area contributed by atoms with Gasteiger partial charge in [0.1, 0.15) is 0 Å². The monoisotopic (exact) mass is 217 g/mol. The number of hydrogen-bond acceptors (Lipinski definition) is 4. The molecule has 88 valence electrons. The summed E-state index contributed by atoms with van der Waals surface area (Å²) in [7, 11) is 0. The van der Waals surface area contributed by atoms with Crippen LogP contribution in [0.3, 0.4) is 0 Å². The van der Waals surface area contributed by atoms with Gasteiger partial charge < -0.3 is 9.64 Å². The van der Waals surface area contributed by atoms with Gasteiger partial charge in [0, 0.05) is 13.1 Å². The molecule has 0 radical (unpaired) electrons. The Bertz CT molecular complexity index is 190. The van der Waals surface area contributed by atoms with E-state index in [2.05, 4.69) is 11.8 Å². The fraction of sp³-hybridized carbons (Fsp3) is 0.900. The molecule has 0 aromatic carbocycles. The molecule has 0 aliphatic carbocycles. The number of nitrogens with zero attached hydrogens (tertiary/aromatic N) is 1. The molecule has 0 atom stereocenters. The lowest BCUT2D eigenvalue weighted by atomic mass is 10.1. The third kappa shape index (κ3) is 4.05. The smallest absolute Gasteiger partial charge is 0.409 e. The molecule has 1 N–H and O–H groups in total. The van der Waals surface area contributed by atoms with Gasteiger partial charge in [-0.05, 0) is 19.3 Å². The minimum absolute atomic E-state index is 0.135. The van der Waals surface area contributed by atoms with Gasteiger partial charge in [0.05, 0.1) is 12.7 Å². The molecule has 1 amide bonds. The molecule has 0 unspecified atom stereocenters. The summed E-state index contributed by atoms with van der Waals surface area (Å²) in [5.74, 6) is 0. The molecule has 0 bridgehead atoms. The van der Waals surface area contributed by atoms with Crippen LogP contribution >= 0.6 is 0 Å². The van der Waals surface area contributed by atoms with Gasteiger partial charge in [-0.2, -0.15) is 0 Å². The first kappa shape index (κ1) is 12.3. The van der Waals surface area contributed by atoms with Crippen molar-refractivity contribution in [2.75, 3.05) is 19.7 Å². The van der Waals surface area contributed by atoms with Crippen LogP contribution in [0.25, 0.3) is 0 Å². The maximum atomic E-state index is 11.5. The quantitative estimate of drug-likeness (QED) is 0.443. The molecular formula is C10H19NO4. The number of amides is 1. The zero-order valence-electron chi connectivity index (χ0n) is 9.15. The molecule has 1 aliphatic rings. The van der Waals surface area contributed by atoms with E-state index in [1.54, 1.807) is 4.90 Å². The summed E-state index contributed by atoms with van der Waals surface area (Å²) in [6.45, 7) is 3.73. The first-order valence-electron chi connectivity index (χ1n) is 5.49. The molecule has 1 rings (SSSR count). The van der Waals surface area contributed by atoms with Crippen LogP contribution in [0, 0.1) is 0 Å². The average Bonchev–Trinajstić information content (AvgIpc) is 2.29. The van der Waals surface area contributed by atoms with E-state index in [0.717, 1.165) is 12.8 Å². The molecule has 1 aliphatic heterocycles. The minimum Gasteiger partial charge on any atom is -0.449 e. The number of piperidine rings is 1. The predicted molar refractivity (Wildman–Crippen MR) is 54.6 cm³/mol. The van der Waals surface area contributed by atoms with E-state index < -0.39 is 0 Å². The summed E-state index contributed by atoms with van der Waals surface area (Å²) < 4.78 is 5.07. The van der Waals surface area contributed by atoms with Crippen LogP contribution in [-0.4, -0.2) is 42.1 Å². The Morgan fingerprint density at radius 2 is 2.13 bits per heavy atom. The molecule has 1 fully saturated rings. The Kier molecular flexibility index (Phi) is 5.42. The number of carbonyl (C=O) groups excluding carboxylic acids is 1. The number of hydrogen-bond donors (Lipinski definition) is 1. The van der Waals surface area contributed by atoms with E-state index in [1.807, 2.05) is 0 Å². The Balaban J connectivity index is 2.18. The topological polar surface area (TPSA) is 59.0 Å². The Morgan fingerprint density at radius 1 is 1.47 bits per heavy atom. The fourth-order valence-corrected chi connectivity index (χ4v) is 1.54. The van der Waals surface area contributed by atoms with E-state index >= 15 is 0 Å². The van der Waals surface area contributed by atoms with Gasteiger partial charge >= 0.3 is 6.09 Å². The van der Waals surface area contributed by atoms with Crippen LogP contribution in [-0.2, 0) is 9.62 Å². The Morgan fingerprint density at radius 3 is 2.67 bits per heavy atom. The third-order valence-electron chi connectivity index (χ3n) is 2.57. The normalized spacial score (nSPS) is 17.9. The zero-order valence-corrected chi connectivity index (χ0v) is 9.15. The first-order chi connectivity index (χ1) is 7.27. The zero-order chi connectivity index (χ0) is 11.1. The minimum atomic E-state index is -0.250. The van der Waals surface area contributed by atoms with Gasteiger partial charge in [0.2, 0.25) is 0 Å². The summed E-state index contributed by atoms with van der Waals surface area (Å²) in [6.07, 6.45) is 2.87. The van der Waals surface area contributed by atoms with Gasteiger partial charge in [-0.25, -0.2) is 9.68 Å². The van der Waals surface area contributed by atoms with Crippen molar-refractivity contribution in [3.05, 3.63) is 0 Å². The average molecular weight is 217 g/mol. The summed E-state index contributed by atoms with van der Waals surface area (Å²) >= 11 is 0. The van der Waals surface area contributed by atoms with Gasteiger partial charge in [-0.3, -0.25) is 5.26 Å². The molecule has 0 aromatic rings. The second-order valence-electron chi connectivity index (χ2n) is 3.76. The van der Waals surface area contributed by atoms with Crippen molar-refractivity contribution in [1.82, 2.24) is 4.90 Å². The standard InChI is InChI=1S/C10H19NO4/c1-2-3-8-14-10(12)11-6-4-9(15-13)5-7-11/h9,13H,2-8H2,1H3. The van der Waals surface area contributed by atoms with Crippen LogP contribution in [0.1, 0.15) is 32.6 Å². The Labute approximate surface area is 89.9 Å². The predicted octanol–water partition coefficient (Wildman–Crippen LogP) is 1.88. The summed E-state index contributed by atoms with van der Waals surface area (Å²) in [5, 5.41) is 8.45. The van der Waals surface area contributed by atoms with Crippen molar-refractivity contribution in [1.29, 1.82) is 0 Å². The van der Waals surface area contributed by atoms with E-state index in [1.165, 1.54) is 0 Å². The number of unbranched alkanes of at least 4 members (excludes halogenated alkanes) is 1.